The summed E-state index contributed by atoms with van der Waals surface area (Å²) in [4.78, 5) is 0. The minimum atomic E-state index is 0.186. The van der Waals surface area contributed by atoms with E-state index in [0.29, 0.717) is 10.0 Å². The molecule has 0 atom stereocenters. The minimum absolute atomic E-state index is 0.186. The first-order valence-electron chi connectivity index (χ1n) is 2.75. The summed E-state index contributed by atoms with van der Waals surface area (Å²) in [6.07, 6.45) is 0. The van der Waals surface area contributed by atoms with Crippen LogP contribution in [0.15, 0.2) is 6.07 Å². The fourth-order valence-corrected chi connectivity index (χ4v) is 1.65. The molecule has 0 saturated heterocycles. The van der Waals surface area contributed by atoms with Crippen LogP contribution in [0, 0.1) is 11.8 Å². The Morgan fingerprint density at radius 2 is 1.08 bits per heavy atom. The van der Waals surface area contributed by atoms with Crippen molar-refractivity contribution >= 4 is 58.0 Å². The number of halogens is 5. The Kier molecular flexibility index (Phi) is 5.87. The summed E-state index contributed by atoms with van der Waals surface area (Å²) >= 11 is 28.2. The molecule has 1 aromatic carbocycles. The van der Waals surface area contributed by atoms with Crippen molar-refractivity contribution in [3.05, 3.63) is 37.8 Å². The maximum Gasteiger partial charge on any atom is 0.0808 e. The Morgan fingerprint density at radius 3 is 1.38 bits per heavy atom. The molecule has 0 aliphatic rings. The van der Waals surface area contributed by atoms with Gasteiger partial charge in [-0.05, 0) is 6.07 Å². The van der Waals surface area contributed by atoms with Crippen molar-refractivity contribution in [2.24, 2.45) is 0 Å². The molecule has 0 aliphatic carbocycles. The van der Waals surface area contributed by atoms with Crippen molar-refractivity contribution in [1.29, 1.82) is 5.26 Å². The first kappa shape index (κ1) is 13.2. The average Bonchev–Trinajstić information content (AvgIpc) is 2.15. The summed E-state index contributed by atoms with van der Waals surface area (Å²) in [7, 11) is 0. The summed E-state index contributed by atoms with van der Waals surface area (Å²) in [6, 6.07) is 1.44. The van der Waals surface area contributed by atoms with E-state index >= 15 is 0 Å². The van der Waals surface area contributed by atoms with Crippen LogP contribution in [0.3, 0.4) is 0 Å². The van der Waals surface area contributed by atoms with Crippen LogP contribution in [0.1, 0.15) is 0 Å². The monoisotopic (exact) mass is 274 g/mol. The third kappa shape index (κ3) is 3.09. The molecule has 1 nitrogen and oxygen atoms in total. The van der Waals surface area contributed by atoms with Crippen LogP contribution in [0.25, 0.3) is 0 Å². The molecule has 0 N–H and O–H groups in total. The predicted molar refractivity (Wildman–Crippen MR) is 56.5 cm³/mol. The number of hydrogen-bond acceptors (Lipinski definition) is 1. The lowest BCUT2D eigenvalue weighted by atomic mass is 10.3. The molecule has 70 valence electrons. The van der Waals surface area contributed by atoms with Crippen LogP contribution in [-0.2, 0) is 0 Å². The number of rotatable bonds is 0. The average molecular weight is 276 g/mol. The topological polar surface area (TPSA) is 23.8 Å². The van der Waals surface area contributed by atoms with Gasteiger partial charge in [0.2, 0.25) is 0 Å². The van der Waals surface area contributed by atoms with Crippen molar-refractivity contribution in [3.8, 4) is 0 Å². The van der Waals surface area contributed by atoms with Gasteiger partial charge in [0.05, 0.1) is 25.1 Å². The van der Waals surface area contributed by atoms with E-state index in [1.807, 2.05) is 0 Å². The maximum atomic E-state index is 6.25. The van der Waals surface area contributed by atoms with Gasteiger partial charge in [0, 0.05) is 0 Å². The molecule has 0 aromatic heterocycles. The molecule has 1 aromatic rings. The van der Waals surface area contributed by atoms with Gasteiger partial charge >= 0.3 is 0 Å². The van der Waals surface area contributed by atoms with Gasteiger partial charge in [-0.25, -0.2) is 0 Å². The Morgan fingerprint density at radius 1 is 0.769 bits per heavy atom. The molecule has 0 fully saturated rings. The molecule has 0 saturated carbocycles. The van der Waals surface area contributed by atoms with Crippen LogP contribution < -0.4 is 0 Å². The summed E-state index contributed by atoms with van der Waals surface area (Å²) in [5, 5.41) is 7.48. The Balaban J connectivity index is 0.000000671. The Labute approximate surface area is 101 Å². The van der Waals surface area contributed by atoms with Crippen molar-refractivity contribution in [2.45, 2.75) is 0 Å². The highest BCUT2D eigenvalue weighted by Crippen LogP contribution is 2.40. The third-order valence-electron chi connectivity index (χ3n) is 1.06. The molecule has 1 rings (SSSR count). The van der Waals surface area contributed by atoms with E-state index in [2.05, 4.69) is 0 Å². The molecular weight excluding hydrogens is 275 g/mol. The number of hydrogen-bond donors (Lipinski definition) is 0. The van der Waals surface area contributed by atoms with Gasteiger partial charge < -0.3 is 11.8 Å². The zero-order valence-corrected chi connectivity index (χ0v) is 9.69. The molecule has 0 heterocycles. The molecule has 0 unspecified atom stereocenters. The number of nitrogens with zero attached hydrogens (tertiary/aromatic N) is 1. The minimum Gasteiger partial charge on any atom is -0.512 e. The lowest BCUT2D eigenvalue weighted by molar-refractivity contribution is 1.53. The van der Waals surface area contributed by atoms with Gasteiger partial charge in [-0.2, -0.15) is 0 Å². The van der Waals surface area contributed by atoms with Gasteiger partial charge in [-0.3, -0.25) is 0 Å². The quantitative estimate of drug-likeness (QED) is 0.369. The summed E-state index contributed by atoms with van der Waals surface area (Å²) in [6.45, 7) is 4.75. The molecular formula is C7HCl5N-. The van der Waals surface area contributed by atoms with E-state index in [0.717, 1.165) is 0 Å². The fourth-order valence-electron chi connectivity index (χ4n) is 0.544. The fraction of sp³-hybridized carbons (Fsp3) is 0. The molecule has 13 heavy (non-hydrogen) atoms. The van der Waals surface area contributed by atoms with E-state index in [1.165, 1.54) is 6.07 Å². The lowest BCUT2D eigenvalue weighted by Crippen LogP contribution is -1.75. The van der Waals surface area contributed by atoms with Crippen molar-refractivity contribution < 1.29 is 0 Å². The largest absolute Gasteiger partial charge is 0.512 e. The van der Waals surface area contributed by atoms with Gasteiger partial charge in [0.25, 0.3) is 0 Å². The Hall–Kier alpha value is 0.160. The molecule has 0 amide bonds. The zero-order chi connectivity index (χ0) is 10.6. The van der Waals surface area contributed by atoms with E-state index in [9.17, 15) is 0 Å². The van der Waals surface area contributed by atoms with E-state index in [1.54, 1.807) is 0 Å². The van der Waals surface area contributed by atoms with Crippen LogP contribution in [0.2, 0.25) is 25.1 Å². The first-order chi connectivity index (χ1) is 6.04. The van der Waals surface area contributed by atoms with Crippen molar-refractivity contribution in [1.82, 2.24) is 0 Å². The van der Waals surface area contributed by atoms with E-state index < -0.39 is 0 Å². The van der Waals surface area contributed by atoms with Gasteiger partial charge in [0.15, 0.2) is 0 Å². The molecule has 6 heteroatoms. The van der Waals surface area contributed by atoms with Gasteiger partial charge in [-0.1, -0.05) is 58.0 Å². The molecule has 0 aliphatic heterocycles. The highest BCUT2D eigenvalue weighted by molar-refractivity contribution is 6.54. The highest BCUT2D eigenvalue weighted by Gasteiger charge is 2.10. The van der Waals surface area contributed by atoms with Gasteiger partial charge in [0.1, 0.15) is 0 Å². The second-order valence-corrected chi connectivity index (χ2v) is 3.73. The third-order valence-corrected chi connectivity index (χ3v) is 3.20. The summed E-state index contributed by atoms with van der Waals surface area (Å²) in [5.74, 6) is 0. The predicted octanol–water partition coefficient (Wildman–Crippen LogP) is 5.05. The number of benzene rings is 1. The van der Waals surface area contributed by atoms with Crippen LogP contribution in [0.4, 0.5) is 0 Å². The smallest absolute Gasteiger partial charge is 0.0808 e. The second kappa shape index (κ2) is 5.80. The first-order valence-corrected chi connectivity index (χ1v) is 4.64. The van der Waals surface area contributed by atoms with Crippen molar-refractivity contribution in [2.75, 3.05) is 0 Å². The molecule has 0 radical (unpaired) electrons. The van der Waals surface area contributed by atoms with Crippen LogP contribution >= 0.6 is 58.0 Å². The van der Waals surface area contributed by atoms with Crippen LogP contribution in [-0.4, -0.2) is 0 Å². The van der Waals surface area contributed by atoms with E-state index in [-0.39, 0.29) is 15.1 Å². The Bertz CT molecular complexity index is 307. The standard InChI is InChI=1S/C6HCl5.CN/c7-2-1-3(8)5(10)6(11)4(2)9;1-2/h1H;/q;-1. The second-order valence-electron chi connectivity index (χ2n) is 1.78. The van der Waals surface area contributed by atoms with Gasteiger partial charge in [-0.15, -0.1) is 0 Å². The highest BCUT2D eigenvalue weighted by atomic mass is 35.5. The normalized spacial score (nSPS) is 8.85. The maximum absolute atomic E-state index is 6.25. The summed E-state index contributed by atoms with van der Waals surface area (Å²) < 4.78 is 0. The zero-order valence-electron chi connectivity index (χ0n) is 5.91. The molecule has 0 spiro atoms. The van der Waals surface area contributed by atoms with Crippen LogP contribution in [0.5, 0.6) is 0 Å². The lowest BCUT2D eigenvalue weighted by Gasteiger charge is -2.02. The SMILES string of the molecule is Clc1cc(Cl)c(Cl)c(Cl)c1Cl.[C-]#N. The van der Waals surface area contributed by atoms with Crippen molar-refractivity contribution in [3.63, 3.8) is 0 Å². The molecule has 0 bridgehead atoms. The van der Waals surface area contributed by atoms with E-state index in [4.69, 9.17) is 69.8 Å². The summed E-state index contributed by atoms with van der Waals surface area (Å²) in [5.41, 5.74) is 0.